The third-order valence-electron chi connectivity index (χ3n) is 4.44. The molecule has 0 saturated carbocycles. The highest BCUT2D eigenvalue weighted by molar-refractivity contribution is 5.76. The molecule has 1 fully saturated rings. The van der Waals surface area contributed by atoms with Crippen molar-refractivity contribution in [1.82, 2.24) is 4.90 Å². The molecule has 2 aliphatic rings. The van der Waals surface area contributed by atoms with Gasteiger partial charge >= 0.3 is 0 Å². The highest BCUT2D eigenvalue weighted by atomic mass is 16.5. The zero-order valence-electron chi connectivity index (χ0n) is 13.3. The summed E-state index contributed by atoms with van der Waals surface area (Å²) in [6.07, 6.45) is 4.07. The van der Waals surface area contributed by atoms with Crippen LogP contribution in [-0.2, 0) is 0 Å². The molecule has 1 aromatic carbocycles. The number of nitrogens with zero attached hydrogens (tertiary/aromatic N) is 2. The number of nitrogen functional groups attached to an aromatic ring is 1. The first-order valence-corrected chi connectivity index (χ1v) is 8.10. The van der Waals surface area contributed by atoms with Gasteiger partial charge in [-0.25, -0.2) is 0 Å². The number of benzene rings is 1. The summed E-state index contributed by atoms with van der Waals surface area (Å²) in [7, 11) is 0. The molecule has 4 heteroatoms. The SMILES string of the molecule is CC1(C)CN(CCN2CCCCC2)c2c(N)cccc2O1. The zero-order valence-corrected chi connectivity index (χ0v) is 13.3. The van der Waals surface area contributed by atoms with Crippen LogP contribution in [0, 0.1) is 0 Å². The maximum absolute atomic E-state index is 6.19. The van der Waals surface area contributed by atoms with Crippen LogP contribution in [0.15, 0.2) is 18.2 Å². The zero-order chi connectivity index (χ0) is 14.9. The number of piperidine rings is 1. The van der Waals surface area contributed by atoms with Gasteiger partial charge < -0.3 is 20.3 Å². The van der Waals surface area contributed by atoms with Crippen molar-refractivity contribution in [2.75, 3.05) is 43.4 Å². The van der Waals surface area contributed by atoms with E-state index < -0.39 is 0 Å². The Bertz CT molecular complexity index is 495. The Hall–Kier alpha value is -1.42. The molecule has 0 unspecified atom stereocenters. The molecule has 0 spiro atoms. The van der Waals surface area contributed by atoms with E-state index in [9.17, 15) is 0 Å². The minimum absolute atomic E-state index is 0.164. The average Bonchev–Trinajstić information content (AvgIpc) is 2.44. The van der Waals surface area contributed by atoms with Crippen molar-refractivity contribution in [3.8, 4) is 5.75 Å². The summed E-state index contributed by atoms with van der Waals surface area (Å²) >= 11 is 0. The van der Waals surface area contributed by atoms with E-state index >= 15 is 0 Å². The third-order valence-corrected chi connectivity index (χ3v) is 4.44. The minimum atomic E-state index is -0.164. The van der Waals surface area contributed by atoms with Gasteiger partial charge in [0, 0.05) is 13.1 Å². The summed E-state index contributed by atoms with van der Waals surface area (Å²) in [5.74, 6) is 0.921. The van der Waals surface area contributed by atoms with Gasteiger partial charge in [0.1, 0.15) is 17.0 Å². The lowest BCUT2D eigenvalue weighted by molar-refractivity contribution is 0.104. The Balaban J connectivity index is 1.74. The Morgan fingerprint density at radius 1 is 1.14 bits per heavy atom. The van der Waals surface area contributed by atoms with Crippen LogP contribution in [0.4, 0.5) is 11.4 Å². The molecule has 3 rings (SSSR count). The van der Waals surface area contributed by atoms with Gasteiger partial charge in [-0.05, 0) is 51.9 Å². The van der Waals surface area contributed by atoms with Crippen molar-refractivity contribution in [2.24, 2.45) is 0 Å². The number of ether oxygens (including phenoxy) is 1. The number of anilines is 2. The monoisotopic (exact) mass is 289 g/mol. The van der Waals surface area contributed by atoms with Crippen LogP contribution in [-0.4, -0.2) is 43.2 Å². The fourth-order valence-corrected chi connectivity index (χ4v) is 3.46. The van der Waals surface area contributed by atoms with Crippen LogP contribution in [0.5, 0.6) is 5.75 Å². The summed E-state index contributed by atoms with van der Waals surface area (Å²) in [5, 5.41) is 0. The smallest absolute Gasteiger partial charge is 0.145 e. The van der Waals surface area contributed by atoms with Gasteiger partial charge in [-0.2, -0.15) is 0 Å². The number of fused-ring (bicyclic) bond motifs is 1. The Kier molecular flexibility index (Phi) is 3.98. The average molecular weight is 289 g/mol. The van der Waals surface area contributed by atoms with Crippen molar-refractivity contribution in [1.29, 1.82) is 0 Å². The number of para-hydroxylation sites is 1. The third kappa shape index (κ3) is 3.26. The van der Waals surface area contributed by atoms with Crippen LogP contribution < -0.4 is 15.4 Å². The maximum Gasteiger partial charge on any atom is 0.145 e. The summed E-state index contributed by atoms with van der Waals surface area (Å²) in [4.78, 5) is 4.98. The van der Waals surface area contributed by atoms with Crippen LogP contribution in [0.2, 0.25) is 0 Å². The van der Waals surface area contributed by atoms with E-state index in [1.807, 2.05) is 18.2 Å². The van der Waals surface area contributed by atoms with Crippen molar-refractivity contribution in [2.45, 2.75) is 38.7 Å². The molecule has 1 aromatic rings. The lowest BCUT2D eigenvalue weighted by Crippen LogP contribution is -2.49. The molecule has 0 radical (unpaired) electrons. The summed E-state index contributed by atoms with van der Waals surface area (Å²) in [5.41, 5.74) is 7.93. The Morgan fingerprint density at radius 2 is 1.90 bits per heavy atom. The molecule has 2 heterocycles. The van der Waals surface area contributed by atoms with Gasteiger partial charge in [0.2, 0.25) is 0 Å². The van der Waals surface area contributed by atoms with E-state index in [1.54, 1.807) is 0 Å². The second kappa shape index (κ2) is 5.76. The van der Waals surface area contributed by atoms with Crippen LogP contribution in [0.3, 0.4) is 0 Å². The van der Waals surface area contributed by atoms with E-state index in [-0.39, 0.29) is 5.60 Å². The lowest BCUT2D eigenvalue weighted by atomic mass is 10.0. The molecular weight excluding hydrogens is 262 g/mol. The van der Waals surface area contributed by atoms with Gasteiger partial charge in [0.05, 0.1) is 12.2 Å². The van der Waals surface area contributed by atoms with Crippen molar-refractivity contribution >= 4 is 11.4 Å². The van der Waals surface area contributed by atoms with E-state index in [4.69, 9.17) is 10.5 Å². The quantitative estimate of drug-likeness (QED) is 0.869. The molecule has 4 nitrogen and oxygen atoms in total. The van der Waals surface area contributed by atoms with Gasteiger partial charge in [-0.3, -0.25) is 0 Å². The topological polar surface area (TPSA) is 41.7 Å². The Labute approximate surface area is 127 Å². The first-order chi connectivity index (χ1) is 10.1. The van der Waals surface area contributed by atoms with Crippen molar-refractivity contribution in [3.05, 3.63) is 18.2 Å². The molecule has 0 bridgehead atoms. The van der Waals surface area contributed by atoms with Gasteiger partial charge in [0.15, 0.2) is 0 Å². The number of likely N-dealkylation sites (tertiary alicyclic amines) is 1. The van der Waals surface area contributed by atoms with E-state index in [0.29, 0.717) is 0 Å². The molecule has 2 aliphatic heterocycles. The maximum atomic E-state index is 6.19. The first-order valence-electron chi connectivity index (χ1n) is 8.10. The molecule has 116 valence electrons. The lowest BCUT2D eigenvalue weighted by Gasteiger charge is -2.42. The van der Waals surface area contributed by atoms with Gasteiger partial charge in [-0.15, -0.1) is 0 Å². The van der Waals surface area contributed by atoms with Crippen LogP contribution >= 0.6 is 0 Å². The van der Waals surface area contributed by atoms with E-state index in [2.05, 4.69) is 23.6 Å². The predicted octanol–water partition coefficient (Wildman–Crippen LogP) is 2.73. The molecule has 0 aliphatic carbocycles. The number of hydrogen-bond donors (Lipinski definition) is 1. The second-order valence-corrected chi connectivity index (χ2v) is 6.88. The van der Waals surface area contributed by atoms with Crippen LogP contribution in [0.25, 0.3) is 0 Å². The molecule has 21 heavy (non-hydrogen) atoms. The predicted molar refractivity (Wildman–Crippen MR) is 88.1 cm³/mol. The van der Waals surface area contributed by atoms with E-state index in [0.717, 1.165) is 36.8 Å². The second-order valence-electron chi connectivity index (χ2n) is 6.88. The van der Waals surface area contributed by atoms with Crippen molar-refractivity contribution < 1.29 is 4.74 Å². The molecular formula is C17H27N3O. The Morgan fingerprint density at radius 3 is 2.67 bits per heavy atom. The van der Waals surface area contributed by atoms with Crippen LogP contribution in [0.1, 0.15) is 33.1 Å². The first kappa shape index (κ1) is 14.5. The summed E-state index contributed by atoms with van der Waals surface area (Å²) in [6.45, 7) is 9.80. The standard InChI is InChI=1S/C17H27N3O/c1-17(2)13-20(12-11-19-9-4-3-5-10-19)16-14(18)7-6-8-15(16)21-17/h6-8H,3-5,9-13,18H2,1-2H3. The molecule has 0 aromatic heterocycles. The highest BCUT2D eigenvalue weighted by Crippen LogP contribution is 2.40. The number of hydrogen-bond acceptors (Lipinski definition) is 4. The minimum Gasteiger partial charge on any atom is -0.484 e. The van der Waals surface area contributed by atoms with Crippen molar-refractivity contribution in [3.63, 3.8) is 0 Å². The summed E-state index contributed by atoms with van der Waals surface area (Å²) in [6, 6.07) is 5.97. The molecule has 2 N–H and O–H groups in total. The summed E-state index contributed by atoms with van der Waals surface area (Å²) < 4.78 is 6.09. The molecule has 0 atom stereocenters. The van der Waals surface area contributed by atoms with Gasteiger partial charge in [0.25, 0.3) is 0 Å². The largest absolute Gasteiger partial charge is 0.484 e. The number of nitrogens with two attached hydrogens (primary N) is 1. The number of rotatable bonds is 3. The fraction of sp³-hybridized carbons (Fsp3) is 0.647. The normalized spacial score (nSPS) is 21.7. The highest BCUT2D eigenvalue weighted by Gasteiger charge is 2.32. The fourth-order valence-electron chi connectivity index (χ4n) is 3.46. The molecule has 0 amide bonds. The molecule has 1 saturated heterocycles. The van der Waals surface area contributed by atoms with Gasteiger partial charge in [-0.1, -0.05) is 12.5 Å². The van der Waals surface area contributed by atoms with E-state index in [1.165, 1.54) is 32.4 Å².